The molecule has 3 aromatic rings. The van der Waals surface area contributed by atoms with Crippen LogP contribution in [0.5, 0.6) is 0 Å². The van der Waals surface area contributed by atoms with Crippen LogP contribution in [0.1, 0.15) is 35.8 Å². The van der Waals surface area contributed by atoms with Crippen molar-refractivity contribution in [3.63, 3.8) is 0 Å². The Morgan fingerprint density at radius 1 is 1.14 bits per heavy atom. The number of fused-ring (bicyclic) bond motifs is 1. The van der Waals surface area contributed by atoms with Gasteiger partial charge in [0.2, 0.25) is 0 Å². The molecule has 0 bridgehead atoms. The second-order valence-electron chi connectivity index (χ2n) is 7.41. The fourth-order valence-corrected chi connectivity index (χ4v) is 4.05. The number of aromatic amines is 2. The molecule has 28 heavy (non-hydrogen) atoms. The van der Waals surface area contributed by atoms with Crippen molar-refractivity contribution in [3.05, 3.63) is 69.8 Å². The molecule has 148 valence electrons. The van der Waals surface area contributed by atoms with Crippen molar-refractivity contribution in [1.82, 2.24) is 14.9 Å². The lowest BCUT2D eigenvalue weighted by Crippen LogP contribution is -2.40. The molecule has 3 heterocycles. The van der Waals surface area contributed by atoms with E-state index in [1.807, 2.05) is 31.3 Å². The molecule has 1 aliphatic heterocycles. The monoisotopic (exact) mass is 381 g/mol. The molecule has 1 aliphatic rings. The molecule has 0 radical (unpaired) electrons. The third-order valence-electron chi connectivity index (χ3n) is 5.58. The van der Waals surface area contributed by atoms with Gasteiger partial charge in [-0.2, -0.15) is 0 Å². The van der Waals surface area contributed by atoms with Crippen molar-refractivity contribution in [3.8, 4) is 0 Å². The zero-order valence-electron chi connectivity index (χ0n) is 16.4. The van der Waals surface area contributed by atoms with Crippen molar-refractivity contribution in [2.75, 3.05) is 20.2 Å². The minimum atomic E-state index is -0.244. The lowest BCUT2D eigenvalue weighted by molar-refractivity contribution is -0.0755. The summed E-state index contributed by atoms with van der Waals surface area (Å²) in [5.41, 5.74) is 3.91. The zero-order valence-corrected chi connectivity index (χ0v) is 16.4. The lowest BCUT2D eigenvalue weighted by Gasteiger charge is -2.36. The summed E-state index contributed by atoms with van der Waals surface area (Å²) < 4.78 is 11.9. The molecule has 6 heteroatoms. The summed E-state index contributed by atoms with van der Waals surface area (Å²) in [4.78, 5) is 20.8. The number of aromatic nitrogens is 2. The first-order chi connectivity index (χ1) is 13.7. The van der Waals surface area contributed by atoms with E-state index in [0.29, 0.717) is 12.0 Å². The maximum absolute atomic E-state index is 12.4. The Labute approximate surface area is 164 Å². The molecular formula is C22H27N3O3. The van der Waals surface area contributed by atoms with Gasteiger partial charge < -0.3 is 19.4 Å². The maximum atomic E-state index is 12.4. The highest BCUT2D eigenvalue weighted by atomic mass is 16.5. The largest absolute Gasteiger partial charge is 0.373 e. The molecule has 4 rings (SSSR count). The molecule has 2 aromatic heterocycles. The number of methoxy groups -OCH3 is 1. The summed E-state index contributed by atoms with van der Waals surface area (Å²) in [6.07, 6.45) is 5.55. The van der Waals surface area contributed by atoms with Crippen LogP contribution in [-0.2, 0) is 16.1 Å². The number of pyridine rings is 1. The second kappa shape index (κ2) is 8.31. The van der Waals surface area contributed by atoms with Crippen molar-refractivity contribution < 1.29 is 9.47 Å². The molecule has 1 unspecified atom stereocenters. The molecule has 1 aromatic carbocycles. The first kappa shape index (κ1) is 18.9. The molecule has 0 saturated carbocycles. The Hall–Kier alpha value is -2.41. The third kappa shape index (κ3) is 3.76. The Balaban J connectivity index is 1.43. The predicted molar refractivity (Wildman–Crippen MR) is 109 cm³/mol. The third-order valence-corrected chi connectivity index (χ3v) is 5.58. The average Bonchev–Trinajstić information content (AvgIpc) is 3.18. The maximum Gasteiger partial charge on any atom is 0.257 e. The van der Waals surface area contributed by atoms with Crippen molar-refractivity contribution >= 4 is 10.9 Å². The van der Waals surface area contributed by atoms with E-state index in [1.54, 1.807) is 13.3 Å². The molecule has 1 fully saturated rings. The van der Waals surface area contributed by atoms with Gasteiger partial charge in [-0.25, -0.2) is 0 Å². The molecule has 0 amide bonds. The smallest absolute Gasteiger partial charge is 0.257 e. The van der Waals surface area contributed by atoms with E-state index in [1.165, 1.54) is 5.56 Å². The van der Waals surface area contributed by atoms with Gasteiger partial charge in [0.05, 0.1) is 23.6 Å². The molecule has 0 aliphatic carbocycles. The number of hydrogen-bond donors (Lipinski definition) is 2. The van der Waals surface area contributed by atoms with E-state index < -0.39 is 0 Å². The first-order valence-corrected chi connectivity index (χ1v) is 9.79. The molecule has 6 nitrogen and oxygen atoms in total. The quantitative estimate of drug-likeness (QED) is 0.686. The van der Waals surface area contributed by atoms with Gasteiger partial charge in [0, 0.05) is 38.2 Å². The summed E-state index contributed by atoms with van der Waals surface area (Å²) in [6, 6.07) is 10.3. The summed E-state index contributed by atoms with van der Waals surface area (Å²) in [5.74, 6) is 0. The number of nitrogens with zero attached hydrogens (tertiary/aromatic N) is 1. The van der Waals surface area contributed by atoms with E-state index in [4.69, 9.17) is 9.47 Å². The van der Waals surface area contributed by atoms with Gasteiger partial charge in [0.25, 0.3) is 5.56 Å². The number of aryl methyl sites for hydroxylation is 1. The number of likely N-dealkylation sites (tertiary alicyclic amines) is 1. The lowest BCUT2D eigenvalue weighted by atomic mass is 10.0. The highest BCUT2D eigenvalue weighted by Crippen LogP contribution is 2.30. The Kier molecular flexibility index (Phi) is 5.62. The average molecular weight is 381 g/mol. The standard InChI is InChI=1S/C22H27N3O3/c1-15-12-24-21(26)19-18(13-23-20(15)19)22(27-2)25-10-8-17(9-11-25)28-14-16-6-4-3-5-7-16/h3-7,12-13,17,22-23H,8-11,14H2,1-2H3,(H,24,26). The van der Waals surface area contributed by atoms with E-state index >= 15 is 0 Å². The minimum absolute atomic E-state index is 0.0834. The number of piperidine rings is 1. The van der Waals surface area contributed by atoms with E-state index in [9.17, 15) is 4.79 Å². The van der Waals surface area contributed by atoms with Gasteiger partial charge in [0.15, 0.2) is 0 Å². The number of benzene rings is 1. The van der Waals surface area contributed by atoms with Crippen LogP contribution < -0.4 is 5.56 Å². The fraction of sp³-hybridized carbons (Fsp3) is 0.409. The van der Waals surface area contributed by atoms with E-state index in [0.717, 1.165) is 42.6 Å². The van der Waals surface area contributed by atoms with Crippen LogP contribution in [0.25, 0.3) is 10.9 Å². The van der Waals surface area contributed by atoms with Gasteiger partial charge in [-0.05, 0) is 30.9 Å². The molecule has 1 saturated heterocycles. The molecule has 2 N–H and O–H groups in total. The normalized spacial score (nSPS) is 17.2. The van der Waals surface area contributed by atoms with Crippen LogP contribution in [0, 0.1) is 6.92 Å². The SMILES string of the molecule is COC(c1c[nH]c2c(C)c[nH]c(=O)c12)N1CCC(OCc2ccccc2)CC1. The fourth-order valence-electron chi connectivity index (χ4n) is 4.05. The van der Waals surface area contributed by atoms with Crippen LogP contribution in [0.4, 0.5) is 0 Å². The number of nitrogens with one attached hydrogen (secondary N) is 2. The van der Waals surface area contributed by atoms with Crippen molar-refractivity contribution in [2.24, 2.45) is 0 Å². The first-order valence-electron chi connectivity index (χ1n) is 9.79. The summed E-state index contributed by atoms with van der Waals surface area (Å²) in [6.45, 7) is 4.37. The van der Waals surface area contributed by atoms with E-state index in [-0.39, 0.29) is 17.9 Å². The second-order valence-corrected chi connectivity index (χ2v) is 7.41. The Bertz CT molecular complexity index is 972. The van der Waals surface area contributed by atoms with Gasteiger partial charge in [-0.3, -0.25) is 9.69 Å². The number of hydrogen-bond acceptors (Lipinski definition) is 4. The summed E-state index contributed by atoms with van der Waals surface area (Å²) in [7, 11) is 1.70. The minimum Gasteiger partial charge on any atom is -0.373 e. The Morgan fingerprint density at radius 3 is 2.61 bits per heavy atom. The number of rotatable bonds is 6. The van der Waals surface area contributed by atoms with Crippen LogP contribution in [-0.4, -0.2) is 41.2 Å². The van der Waals surface area contributed by atoms with E-state index in [2.05, 4.69) is 27.0 Å². The number of ether oxygens (including phenoxy) is 2. The van der Waals surface area contributed by atoms with Gasteiger partial charge in [-0.15, -0.1) is 0 Å². The number of H-pyrrole nitrogens is 2. The molecule has 0 spiro atoms. The van der Waals surface area contributed by atoms with Crippen LogP contribution in [0.3, 0.4) is 0 Å². The molecular weight excluding hydrogens is 354 g/mol. The predicted octanol–water partition coefficient (Wildman–Crippen LogP) is 3.49. The van der Waals surface area contributed by atoms with Crippen LogP contribution in [0.2, 0.25) is 0 Å². The van der Waals surface area contributed by atoms with Crippen molar-refractivity contribution in [1.29, 1.82) is 0 Å². The molecule has 1 atom stereocenters. The van der Waals surface area contributed by atoms with Crippen molar-refractivity contribution in [2.45, 2.75) is 38.7 Å². The highest BCUT2D eigenvalue weighted by Gasteiger charge is 2.29. The topological polar surface area (TPSA) is 70.4 Å². The Morgan fingerprint density at radius 2 is 1.89 bits per heavy atom. The summed E-state index contributed by atoms with van der Waals surface area (Å²) >= 11 is 0. The van der Waals surface area contributed by atoms with Crippen LogP contribution in [0.15, 0.2) is 47.5 Å². The highest BCUT2D eigenvalue weighted by molar-refractivity contribution is 5.85. The van der Waals surface area contributed by atoms with Gasteiger partial charge in [0.1, 0.15) is 6.23 Å². The van der Waals surface area contributed by atoms with Gasteiger partial charge in [-0.1, -0.05) is 30.3 Å². The van der Waals surface area contributed by atoms with Crippen LogP contribution >= 0.6 is 0 Å². The zero-order chi connectivity index (χ0) is 19.5. The van der Waals surface area contributed by atoms with Gasteiger partial charge >= 0.3 is 0 Å². The summed E-state index contributed by atoms with van der Waals surface area (Å²) in [5, 5.41) is 0.689.